The van der Waals surface area contributed by atoms with Gasteiger partial charge in [0.2, 0.25) is 0 Å². The number of hydrogen-bond donors (Lipinski definition) is 1. The predicted octanol–water partition coefficient (Wildman–Crippen LogP) is 3.77. The summed E-state index contributed by atoms with van der Waals surface area (Å²) >= 11 is 0. The number of hydrogen-bond acceptors (Lipinski definition) is 2. The maximum absolute atomic E-state index is 4.57. The Bertz CT molecular complexity index is 362. The Kier molecular flexibility index (Phi) is 5.44. The molecule has 1 heterocycles. The van der Waals surface area contributed by atoms with Gasteiger partial charge in [0.1, 0.15) is 0 Å². The van der Waals surface area contributed by atoms with E-state index in [1.165, 1.54) is 37.7 Å². The third-order valence-corrected chi connectivity index (χ3v) is 4.30. The fourth-order valence-electron chi connectivity index (χ4n) is 2.99. The van der Waals surface area contributed by atoms with Crippen molar-refractivity contribution in [2.24, 2.45) is 11.8 Å². The van der Waals surface area contributed by atoms with Crippen molar-refractivity contribution < 1.29 is 0 Å². The van der Waals surface area contributed by atoms with Gasteiger partial charge in [-0.1, -0.05) is 27.2 Å². The van der Waals surface area contributed by atoms with Crippen molar-refractivity contribution >= 4 is 0 Å². The normalized spacial score (nSPS) is 24.0. The topological polar surface area (TPSA) is 29.9 Å². The van der Waals surface area contributed by atoms with Crippen molar-refractivity contribution in [2.45, 2.75) is 65.5 Å². The van der Waals surface area contributed by atoms with Crippen LogP contribution in [0.2, 0.25) is 0 Å². The van der Waals surface area contributed by atoms with Crippen molar-refractivity contribution in [3.8, 4) is 0 Å². The van der Waals surface area contributed by atoms with Gasteiger partial charge in [-0.25, -0.2) is 0 Å². The molecule has 0 unspecified atom stereocenters. The van der Waals surface area contributed by atoms with Gasteiger partial charge in [-0.15, -0.1) is 0 Å². The molecule has 19 heavy (non-hydrogen) atoms. The molecule has 0 aromatic carbocycles. The van der Waals surface area contributed by atoms with Crippen LogP contribution in [0.3, 0.4) is 0 Å². The van der Waals surface area contributed by atoms with E-state index in [0.29, 0.717) is 12.0 Å². The van der Waals surface area contributed by atoms with Crippen LogP contribution in [0.4, 0.5) is 0 Å². The molecular weight excluding hydrogens is 234 g/mol. The zero-order chi connectivity index (χ0) is 13.7. The van der Waals surface area contributed by atoms with Crippen LogP contribution in [0.1, 0.15) is 64.5 Å². The molecule has 0 bridgehead atoms. The minimum atomic E-state index is 0.640. The Labute approximate surface area is 117 Å². The molecule has 0 aliphatic heterocycles. The van der Waals surface area contributed by atoms with Gasteiger partial charge in [0.05, 0.1) is 12.2 Å². The highest BCUT2D eigenvalue weighted by molar-refractivity contribution is 5.04. The molecule has 3 heteroatoms. The van der Waals surface area contributed by atoms with Crippen molar-refractivity contribution in [3.63, 3.8) is 0 Å². The summed E-state index contributed by atoms with van der Waals surface area (Å²) in [5.74, 6) is 1.67. The van der Waals surface area contributed by atoms with E-state index in [-0.39, 0.29) is 0 Å². The lowest BCUT2D eigenvalue weighted by Gasteiger charge is -2.27. The molecule has 0 saturated heterocycles. The van der Waals surface area contributed by atoms with Crippen LogP contribution in [0.25, 0.3) is 0 Å². The van der Waals surface area contributed by atoms with Crippen LogP contribution in [-0.4, -0.2) is 16.3 Å². The molecule has 1 fully saturated rings. The van der Waals surface area contributed by atoms with Crippen LogP contribution in [0.15, 0.2) is 12.4 Å². The monoisotopic (exact) mass is 263 g/mol. The Hall–Kier alpha value is -0.830. The molecule has 1 aromatic rings. The van der Waals surface area contributed by atoms with E-state index in [0.717, 1.165) is 19.0 Å². The van der Waals surface area contributed by atoms with Gasteiger partial charge in [-0.2, -0.15) is 5.10 Å². The van der Waals surface area contributed by atoms with Crippen LogP contribution in [0, 0.1) is 11.8 Å². The molecule has 0 spiro atoms. The van der Waals surface area contributed by atoms with Crippen LogP contribution in [0.5, 0.6) is 0 Å². The molecule has 1 aliphatic rings. The summed E-state index contributed by atoms with van der Waals surface area (Å²) in [4.78, 5) is 0. The van der Waals surface area contributed by atoms with Gasteiger partial charge >= 0.3 is 0 Å². The summed E-state index contributed by atoms with van der Waals surface area (Å²) in [6.07, 6.45) is 11.0. The third kappa shape index (κ3) is 4.34. The first-order valence-corrected chi connectivity index (χ1v) is 7.92. The van der Waals surface area contributed by atoms with E-state index in [2.05, 4.69) is 42.1 Å². The SMILES string of the molecule is CCC1CCC(n2cc(CNCC(C)C)cn2)CC1. The molecule has 0 radical (unpaired) electrons. The van der Waals surface area contributed by atoms with E-state index in [1.807, 2.05) is 6.20 Å². The zero-order valence-electron chi connectivity index (χ0n) is 12.7. The van der Waals surface area contributed by atoms with E-state index in [4.69, 9.17) is 0 Å². The lowest BCUT2D eigenvalue weighted by atomic mass is 9.85. The molecule has 1 saturated carbocycles. The summed E-state index contributed by atoms with van der Waals surface area (Å²) in [5.41, 5.74) is 1.32. The van der Waals surface area contributed by atoms with E-state index in [9.17, 15) is 0 Å². The second-order valence-electron chi connectivity index (χ2n) is 6.44. The molecule has 0 amide bonds. The average molecular weight is 263 g/mol. The minimum absolute atomic E-state index is 0.640. The third-order valence-electron chi connectivity index (χ3n) is 4.30. The van der Waals surface area contributed by atoms with Crippen molar-refractivity contribution in [2.75, 3.05) is 6.54 Å². The highest BCUT2D eigenvalue weighted by atomic mass is 15.3. The fourth-order valence-corrected chi connectivity index (χ4v) is 2.99. The van der Waals surface area contributed by atoms with Gasteiger partial charge in [-0.05, 0) is 44.1 Å². The van der Waals surface area contributed by atoms with Crippen LogP contribution < -0.4 is 5.32 Å². The smallest absolute Gasteiger partial charge is 0.0534 e. The second-order valence-corrected chi connectivity index (χ2v) is 6.44. The first-order chi connectivity index (χ1) is 9.19. The maximum atomic E-state index is 4.57. The predicted molar refractivity (Wildman–Crippen MR) is 80.1 cm³/mol. The summed E-state index contributed by atoms with van der Waals surface area (Å²) in [6.45, 7) is 8.82. The lowest BCUT2D eigenvalue weighted by Crippen LogP contribution is -2.19. The standard InChI is InChI=1S/C16H29N3/c1-4-14-5-7-16(8-6-14)19-12-15(11-18-19)10-17-9-13(2)3/h11-14,16-17H,4-10H2,1-3H3. The number of nitrogens with zero attached hydrogens (tertiary/aromatic N) is 2. The van der Waals surface area contributed by atoms with Gasteiger partial charge < -0.3 is 5.32 Å². The first kappa shape index (κ1) is 14.6. The summed E-state index contributed by atoms with van der Waals surface area (Å²) in [5, 5.41) is 8.05. The fraction of sp³-hybridized carbons (Fsp3) is 0.812. The molecule has 1 N–H and O–H groups in total. The highest BCUT2D eigenvalue weighted by Gasteiger charge is 2.21. The average Bonchev–Trinajstić information content (AvgIpc) is 2.87. The van der Waals surface area contributed by atoms with Crippen LogP contribution in [-0.2, 0) is 6.54 Å². The van der Waals surface area contributed by atoms with Gasteiger partial charge in [-0.3, -0.25) is 4.68 Å². The molecule has 108 valence electrons. The number of aromatic nitrogens is 2. The summed E-state index contributed by atoms with van der Waals surface area (Å²) in [7, 11) is 0. The summed E-state index contributed by atoms with van der Waals surface area (Å²) < 4.78 is 2.21. The molecule has 0 atom stereocenters. The molecule has 2 rings (SSSR count). The Morgan fingerprint density at radius 3 is 2.68 bits per heavy atom. The largest absolute Gasteiger partial charge is 0.312 e. The number of rotatable bonds is 6. The second kappa shape index (κ2) is 7.09. The first-order valence-electron chi connectivity index (χ1n) is 7.92. The van der Waals surface area contributed by atoms with Crippen molar-refractivity contribution in [1.82, 2.24) is 15.1 Å². The zero-order valence-corrected chi connectivity index (χ0v) is 12.7. The molecule has 1 aliphatic carbocycles. The minimum Gasteiger partial charge on any atom is -0.312 e. The number of nitrogens with one attached hydrogen (secondary N) is 1. The van der Waals surface area contributed by atoms with Gasteiger partial charge in [0.15, 0.2) is 0 Å². The van der Waals surface area contributed by atoms with E-state index < -0.39 is 0 Å². The van der Waals surface area contributed by atoms with Gasteiger partial charge in [0.25, 0.3) is 0 Å². The molecular formula is C16H29N3. The highest BCUT2D eigenvalue weighted by Crippen LogP contribution is 2.33. The summed E-state index contributed by atoms with van der Waals surface area (Å²) in [6, 6.07) is 0.640. The van der Waals surface area contributed by atoms with Crippen molar-refractivity contribution in [1.29, 1.82) is 0 Å². The Balaban J connectivity index is 1.80. The molecule has 3 nitrogen and oxygen atoms in total. The Morgan fingerprint density at radius 1 is 1.32 bits per heavy atom. The van der Waals surface area contributed by atoms with Gasteiger partial charge in [0, 0.05) is 18.3 Å². The van der Waals surface area contributed by atoms with E-state index in [1.54, 1.807) is 0 Å². The maximum Gasteiger partial charge on any atom is 0.0534 e. The lowest BCUT2D eigenvalue weighted by molar-refractivity contribution is 0.256. The van der Waals surface area contributed by atoms with Crippen LogP contribution >= 0.6 is 0 Å². The Morgan fingerprint density at radius 2 is 2.05 bits per heavy atom. The quantitative estimate of drug-likeness (QED) is 0.846. The van der Waals surface area contributed by atoms with E-state index >= 15 is 0 Å². The van der Waals surface area contributed by atoms with Crippen molar-refractivity contribution in [3.05, 3.63) is 18.0 Å². The molecule has 1 aromatic heterocycles.